The fraction of sp³-hybridized carbons (Fsp3) is 0.105. The van der Waals surface area contributed by atoms with Crippen molar-refractivity contribution < 1.29 is 9.90 Å². The normalized spacial score (nSPS) is 17.8. The molecule has 0 spiro atoms. The van der Waals surface area contributed by atoms with E-state index in [0.29, 0.717) is 12.0 Å². The lowest BCUT2D eigenvalue weighted by Crippen LogP contribution is -2.15. The second-order valence-electron chi connectivity index (χ2n) is 5.07. The van der Waals surface area contributed by atoms with Gasteiger partial charge in [-0.25, -0.2) is 4.79 Å². The van der Waals surface area contributed by atoms with Crippen LogP contribution < -0.4 is 0 Å². The Morgan fingerprint density at radius 3 is 2.14 bits per heavy atom. The first-order valence-electron chi connectivity index (χ1n) is 7.01. The van der Waals surface area contributed by atoms with Crippen LogP contribution in [0, 0.1) is 0 Å². The molecule has 3 rings (SSSR count). The summed E-state index contributed by atoms with van der Waals surface area (Å²) in [4.78, 5) is 11.6. The largest absolute Gasteiger partial charge is 0.478 e. The van der Waals surface area contributed by atoms with Crippen molar-refractivity contribution in [3.63, 3.8) is 0 Å². The third-order valence-electron chi connectivity index (χ3n) is 3.78. The maximum absolute atomic E-state index is 11.6. The SMILES string of the molecule is O=C(O)C1=CCC=C(c2ccccc2)[C@@H]1c1ccccc1. The number of aliphatic carboxylic acids is 1. The summed E-state index contributed by atoms with van der Waals surface area (Å²) in [6.07, 6.45) is 4.60. The van der Waals surface area contributed by atoms with Gasteiger partial charge in [-0.05, 0) is 23.1 Å². The van der Waals surface area contributed by atoms with Crippen LogP contribution in [0.4, 0.5) is 0 Å². The Labute approximate surface area is 124 Å². The molecular formula is C19H16O2. The van der Waals surface area contributed by atoms with Crippen LogP contribution in [0.25, 0.3) is 5.57 Å². The number of benzene rings is 2. The van der Waals surface area contributed by atoms with Gasteiger partial charge < -0.3 is 5.11 Å². The molecule has 2 aromatic rings. The highest BCUT2D eigenvalue weighted by molar-refractivity contribution is 5.95. The molecule has 1 aliphatic rings. The minimum absolute atomic E-state index is 0.208. The molecule has 0 bridgehead atoms. The van der Waals surface area contributed by atoms with E-state index in [1.807, 2.05) is 66.7 Å². The van der Waals surface area contributed by atoms with Crippen LogP contribution in [0.15, 0.2) is 78.4 Å². The molecule has 1 atom stereocenters. The van der Waals surface area contributed by atoms with Crippen LogP contribution in [-0.4, -0.2) is 11.1 Å². The first-order chi connectivity index (χ1) is 10.3. The summed E-state index contributed by atoms with van der Waals surface area (Å²) >= 11 is 0. The molecule has 2 heteroatoms. The van der Waals surface area contributed by atoms with Gasteiger partial charge in [0.05, 0.1) is 0 Å². The molecule has 0 radical (unpaired) electrons. The molecule has 1 aliphatic carbocycles. The molecule has 21 heavy (non-hydrogen) atoms. The lowest BCUT2D eigenvalue weighted by Gasteiger charge is -2.25. The van der Waals surface area contributed by atoms with Crippen molar-refractivity contribution in [1.82, 2.24) is 0 Å². The van der Waals surface area contributed by atoms with E-state index < -0.39 is 5.97 Å². The second-order valence-corrected chi connectivity index (χ2v) is 5.07. The monoisotopic (exact) mass is 276 g/mol. The van der Waals surface area contributed by atoms with Crippen molar-refractivity contribution in [1.29, 1.82) is 0 Å². The topological polar surface area (TPSA) is 37.3 Å². The molecule has 0 unspecified atom stereocenters. The molecule has 2 nitrogen and oxygen atoms in total. The predicted octanol–water partition coefficient (Wildman–Crippen LogP) is 4.27. The highest BCUT2D eigenvalue weighted by Crippen LogP contribution is 2.40. The summed E-state index contributed by atoms with van der Waals surface area (Å²) in [7, 11) is 0. The fourth-order valence-electron chi connectivity index (χ4n) is 2.85. The van der Waals surface area contributed by atoms with E-state index in [4.69, 9.17) is 0 Å². The van der Waals surface area contributed by atoms with Gasteiger partial charge in [0.2, 0.25) is 0 Å². The van der Waals surface area contributed by atoms with E-state index in [1.54, 1.807) is 0 Å². The minimum atomic E-state index is -0.842. The zero-order chi connectivity index (χ0) is 14.7. The molecule has 0 saturated carbocycles. The Bertz CT molecular complexity index is 697. The average Bonchev–Trinajstić information content (AvgIpc) is 2.55. The van der Waals surface area contributed by atoms with Crippen LogP contribution in [-0.2, 0) is 4.79 Å². The maximum Gasteiger partial charge on any atom is 0.332 e. The summed E-state index contributed by atoms with van der Waals surface area (Å²) < 4.78 is 0. The van der Waals surface area contributed by atoms with Crippen molar-refractivity contribution in [2.45, 2.75) is 12.3 Å². The number of carbonyl (C=O) groups is 1. The van der Waals surface area contributed by atoms with Crippen LogP contribution in [0.5, 0.6) is 0 Å². The van der Waals surface area contributed by atoms with Crippen molar-refractivity contribution in [2.75, 3.05) is 0 Å². The number of allylic oxidation sites excluding steroid dienone is 3. The number of carboxylic acid groups (broad SMARTS) is 1. The zero-order valence-corrected chi connectivity index (χ0v) is 11.6. The maximum atomic E-state index is 11.6. The molecule has 104 valence electrons. The molecule has 0 amide bonds. The molecule has 1 N–H and O–H groups in total. The Kier molecular flexibility index (Phi) is 3.69. The molecular weight excluding hydrogens is 260 g/mol. The lowest BCUT2D eigenvalue weighted by atomic mass is 9.78. The summed E-state index contributed by atoms with van der Waals surface area (Å²) in [6, 6.07) is 19.8. The van der Waals surface area contributed by atoms with Gasteiger partial charge in [0, 0.05) is 11.5 Å². The second kappa shape index (κ2) is 5.80. The van der Waals surface area contributed by atoms with Gasteiger partial charge in [-0.15, -0.1) is 0 Å². The Balaban J connectivity index is 2.11. The Hall–Kier alpha value is -2.61. The third kappa shape index (κ3) is 2.65. The number of hydrogen-bond acceptors (Lipinski definition) is 1. The Morgan fingerprint density at radius 2 is 1.52 bits per heavy atom. The molecule has 0 heterocycles. The van der Waals surface area contributed by atoms with E-state index in [-0.39, 0.29) is 5.92 Å². The van der Waals surface area contributed by atoms with Crippen LogP contribution in [0.1, 0.15) is 23.5 Å². The Morgan fingerprint density at radius 1 is 0.905 bits per heavy atom. The highest BCUT2D eigenvalue weighted by atomic mass is 16.4. The van der Waals surface area contributed by atoms with E-state index in [2.05, 4.69) is 6.08 Å². The third-order valence-corrected chi connectivity index (χ3v) is 3.78. The van der Waals surface area contributed by atoms with E-state index in [1.165, 1.54) is 0 Å². The lowest BCUT2D eigenvalue weighted by molar-refractivity contribution is -0.132. The van der Waals surface area contributed by atoms with E-state index >= 15 is 0 Å². The first-order valence-corrected chi connectivity index (χ1v) is 7.01. The summed E-state index contributed by atoms with van der Waals surface area (Å²) in [5.74, 6) is -1.05. The smallest absolute Gasteiger partial charge is 0.332 e. The minimum Gasteiger partial charge on any atom is -0.478 e. The van der Waals surface area contributed by atoms with Gasteiger partial charge in [0.15, 0.2) is 0 Å². The fourth-order valence-corrected chi connectivity index (χ4v) is 2.85. The van der Waals surface area contributed by atoms with Gasteiger partial charge in [-0.3, -0.25) is 0 Å². The van der Waals surface area contributed by atoms with Gasteiger partial charge in [-0.1, -0.05) is 72.8 Å². The zero-order valence-electron chi connectivity index (χ0n) is 11.6. The van der Waals surface area contributed by atoms with Gasteiger partial charge in [0.25, 0.3) is 0 Å². The number of hydrogen-bond donors (Lipinski definition) is 1. The van der Waals surface area contributed by atoms with Crippen LogP contribution in [0.2, 0.25) is 0 Å². The molecule has 0 saturated heterocycles. The van der Waals surface area contributed by atoms with E-state index in [9.17, 15) is 9.90 Å². The average molecular weight is 276 g/mol. The summed E-state index contributed by atoms with van der Waals surface area (Å²) in [6.45, 7) is 0. The number of carboxylic acids is 1. The van der Waals surface area contributed by atoms with Gasteiger partial charge in [0.1, 0.15) is 0 Å². The van der Waals surface area contributed by atoms with Gasteiger partial charge in [-0.2, -0.15) is 0 Å². The first kappa shape index (κ1) is 13.4. The van der Waals surface area contributed by atoms with E-state index in [0.717, 1.165) is 16.7 Å². The van der Waals surface area contributed by atoms with Crippen molar-refractivity contribution >= 4 is 11.5 Å². The molecule has 0 aromatic heterocycles. The van der Waals surface area contributed by atoms with Crippen molar-refractivity contribution in [2.24, 2.45) is 0 Å². The van der Waals surface area contributed by atoms with Crippen molar-refractivity contribution in [3.05, 3.63) is 89.5 Å². The number of rotatable bonds is 3. The predicted molar refractivity (Wildman–Crippen MR) is 83.9 cm³/mol. The van der Waals surface area contributed by atoms with Crippen LogP contribution >= 0.6 is 0 Å². The molecule has 0 aliphatic heterocycles. The molecule has 2 aromatic carbocycles. The standard InChI is InChI=1S/C19H16O2/c20-19(21)17-13-7-12-16(14-8-3-1-4-9-14)18(17)15-10-5-2-6-11-15/h1-6,8-13,18H,7H2,(H,20,21)/t18-/m0/s1. The summed E-state index contributed by atoms with van der Waals surface area (Å²) in [5.41, 5.74) is 3.63. The van der Waals surface area contributed by atoms with Crippen LogP contribution in [0.3, 0.4) is 0 Å². The summed E-state index contributed by atoms with van der Waals surface area (Å²) in [5, 5.41) is 9.54. The van der Waals surface area contributed by atoms with Gasteiger partial charge >= 0.3 is 5.97 Å². The quantitative estimate of drug-likeness (QED) is 0.909. The molecule has 0 fully saturated rings. The highest BCUT2D eigenvalue weighted by Gasteiger charge is 2.28. The van der Waals surface area contributed by atoms with Crippen molar-refractivity contribution in [3.8, 4) is 0 Å².